The largest absolute Gasteiger partial charge is 0.304 e. The van der Waals surface area contributed by atoms with Gasteiger partial charge in [-0.1, -0.05) is 34.8 Å². The van der Waals surface area contributed by atoms with Gasteiger partial charge in [0.1, 0.15) is 5.69 Å². The molecule has 1 aliphatic rings. The predicted octanol–water partition coefficient (Wildman–Crippen LogP) is 4.97. The number of aromatic nitrogens is 1. The lowest BCUT2D eigenvalue weighted by Crippen LogP contribution is -2.52. The molecule has 7 nitrogen and oxygen atoms in total. The molecule has 1 fully saturated rings. The first kappa shape index (κ1) is 23.9. The Morgan fingerprint density at radius 1 is 1.00 bits per heavy atom. The van der Waals surface area contributed by atoms with E-state index < -0.39 is 5.91 Å². The predicted molar refractivity (Wildman–Crippen MR) is 133 cm³/mol. The number of carbonyl (C=O) groups is 2. The molecular formula is C22H20Cl3N5O2S. The number of likely N-dealkylation sites (N-methyl/N-ethyl adjacent to an activating group) is 1. The van der Waals surface area contributed by atoms with Crippen LogP contribution in [0.15, 0.2) is 47.8 Å². The van der Waals surface area contributed by atoms with E-state index in [9.17, 15) is 9.59 Å². The van der Waals surface area contributed by atoms with Crippen LogP contribution in [0.2, 0.25) is 15.1 Å². The molecule has 0 spiro atoms. The second kappa shape index (κ2) is 10.4. The molecule has 2 amide bonds. The summed E-state index contributed by atoms with van der Waals surface area (Å²) in [6.07, 6.45) is 0. The molecule has 0 bridgehead atoms. The van der Waals surface area contributed by atoms with Crippen molar-refractivity contribution in [2.45, 2.75) is 0 Å². The minimum Gasteiger partial charge on any atom is -0.304 e. The number of hydrogen-bond donors (Lipinski definition) is 1. The van der Waals surface area contributed by atoms with Gasteiger partial charge in [0.25, 0.3) is 11.8 Å². The summed E-state index contributed by atoms with van der Waals surface area (Å²) in [6, 6.07) is 11.4. The smallest absolute Gasteiger partial charge is 0.285 e. The highest BCUT2D eigenvalue weighted by atomic mass is 35.5. The molecule has 33 heavy (non-hydrogen) atoms. The number of thiazole rings is 1. The molecule has 2 aromatic carbocycles. The number of hydrazine groups is 1. The topological polar surface area (TPSA) is 68.8 Å². The Hall–Kier alpha value is -2.20. The average molecular weight is 525 g/mol. The summed E-state index contributed by atoms with van der Waals surface area (Å²) in [7, 11) is 2.04. The Labute approximate surface area is 210 Å². The minimum atomic E-state index is -0.403. The Kier molecular flexibility index (Phi) is 7.53. The van der Waals surface area contributed by atoms with Crippen molar-refractivity contribution in [1.29, 1.82) is 0 Å². The van der Waals surface area contributed by atoms with Gasteiger partial charge in [-0.3, -0.25) is 19.9 Å². The molecule has 0 unspecified atom stereocenters. The van der Waals surface area contributed by atoms with E-state index in [1.54, 1.807) is 41.8 Å². The number of carbonyl (C=O) groups excluding carboxylic acids is 2. The van der Waals surface area contributed by atoms with Gasteiger partial charge in [0.05, 0.1) is 16.3 Å². The van der Waals surface area contributed by atoms with E-state index in [2.05, 4.69) is 15.3 Å². The van der Waals surface area contributed by atoms with E-state index >= 15 is 0 Å². The third-order valence-electron chi connectivity index (χ3n) is 5.13. The molecule has 11 heteroatoms. The summed E-state index contributed by atoms with van der Waals surface area (Å²) < 4.78 is 0. The maximum absolute atomic E-state index is 13.5. The lowest BCUT2D eigenvalue weighted by molar-refractivity contribution is 0.0658. The van der Waals surface area contributed by atoms with Crippen molar-refractivity contribution < 1.29 is 9.59 Å². The molecule has 0 saturated carbocycles. The van der Waals surface area contributed by atoms with Gasteiger partial charge >= 0.3 is 0 Å². The van der Waals surface area contributed by atoms with Gasteiger partial charge in [0.15, 0.2) is 5.13 Å². The van der Waals surface area contributed by atoms with E-state index in [1.807, 2.05) is 12.1 Å². The fourth-order valence-electron chi connectivity index (χ4n) is 3.28. The quantitative estimate of drug-likeness (QED) is 0.510. The summed E-state index contributed by atoms with van der Waals surface area (Å²) in [5.74, 6) is -0.727. The molecule has 1 aromatic heterocycles. The van der Waals surface area contributed by atoms with Crippen LogP contribution < -0.4 is 10.3 Å². The molecule has 2 heterocycles. The first-order chi connectivity index (χ1) is 15.8. The summed E-state index contributed by atoms with van der Waals surface area (Å²) >= 11 is 19.5. The van der Waals surface area contributed by atoms with E-state index in [-0.39, 0.29) is 22.2 Å². The van der Waals surface area contributed by atoms with Crippen LogP contribution in [0.25, 0.3) is 0 Å². The SMILES string of the molecule is CN1CCN(NC(=O)c2csc(N(C(=O)c3ccc(Cl)cc3Cl)c3ccc(Cl)cc3)n2)CC1. The van der Waals surface area contributed by atoms with E-state index in [1.165, 1.54) is 22.3 Å². The number of halogens is 3. The van der Waals surface area contributed by atoms with Gasteiger partial charge in [0, 0.05) is 41.6 Å². The number of hydrogen-bond acceptors (Lipinski definition) is 6. The van der Waals surface area contributed by atoms with Gasteiger partial charge < -0.3 is 4.90 Å². The third kappa shape index (κ3) is 5.66. The highest BCUT2D eigenvalue weighted by molar-refractivity contribution is 7.14. The van der Waals surface area contributed by atoms with E-state index in [4.69, 9.17) is 34.8 Å². The number of nitrogens with zero attached hydrogens (tertiary/aromatic N) is 4. The maximum atomic E-state index is 13.5. The number of benzene rings is 2. The van der Waals surface area contributed by atoms with Crippen LogP contribution >= 0.6 is 46.1 Å². The van der Waals surface area contributed by atoms with E-state index in [0.29, 0.717) is 20.9 Å². The van der Waals surface area contributed by atoms with Gasteiger partial charge in [-0.15, -0.1) is 11.3 Å². The molecule has 172 valence electrons. The van der Waals surface area contributed by atoms with Gasteiger partial charge in [-0.2, -0.15) is 0 Å². The molecule has 1 aliphatic heterocycles. The van der Waals surface area contributed by atoms with Crippen LogP contribution in [-0.2, 0) is 0 Å². The van der Waals surface area contributed by atoms with E-state index in [0.717, 1.165) is 26.2 Å². The standard InChI is InChI=1S/C22H20Cl3N5O2S/c1-28-8-10-29(11-9-28)27-20(31)19-13-33-22(26-19)30(16-5-2-14(23)3-6-16)21(32)17-7-4-15(24)12-18(17)25/h2-7,12-13H,8-11H2,1H3,(H,27,31). The lowest BCUT2D eigenvalue weighted by Gasteiger charge is -2.32. The van der Waals surface area contributed by atoms with Crippen LogP contribution in [0.3, 0.4) is 0 Å². The van der Waals surface area contributed by atoms with Crippen molar-refractivity contribution in [3.05, 3.63) is 74.2 Å². The summed E-state index contributed by atoms with van der Waals surface area (Å²) in [5.41, 5.74) is 3.91. The second-order valence-corrected chi connectivity index (χ2v) is 9.60. The molecule has 3 aromatic rings. The molecule has 1 saturated heterocycles. The maximum Gasteiger partial charge on any atom is 0.285 e. The molecule has 0 aliphatic carbocycles. The van der Waals surface area contributed by atoms with Crippen LogP contribution in [-0.4, -0.2) is 59.9 Å². The summed E-state index contributed by atoms with van der Waals surface area (Å²) in [5, 5.41) is 5.00. The van der Waals surface area contributed by atoms with Crippen LogP contribution in [0, 0.1) is 0 Å². The fraction of sp³-hybridized carbons (Fsp3) is 0.227. The monoisotopic (exact) mass is 523 g/mol. The zero-order valence-electron chi connectivity index (χ0n) is 17.6. The fourth-order valence-corrected chi connectivity index (χ4v) is 4.72. The van der Waals surface area contributed by atoms with Gasteiger partial charge in [0.2, 0.25) is 0 Å². The summed E-state index contributed by atoms with van der Waals surface area (Å²) in [6.45, 7) is 3.18. The number of piperazine rings is 1. The first-order valence-corrected chi connectivity index (χ1v) is 12.1. The minimum absolute atomic E-state index is 0.219. The summed E-state index contributed by atoms with van der Waals surface area (Å²) in [4.78, 5) is 34.3. The molecule has 0 atom stereocenters. The van der Waals surface area contributed by atoms with Crippen molar-refractivity contribution in [2.24, 2.45) is 0 Å². The van der Waals surface area contributed by atoms with Crippen molar-refractivity contribution in [3.8, 4) is 0 Å². The Morgan fingerprint density at radius 2 is 1.67 bits per heavy atom. The van der Waals surface area contributed by atoms with Crippen molar-refractivity contribution in [2.75, 3.05) is 38.1 Å². The Morgan fingerprint density at radius 3 is 2.33 bits per heavy atom. The van der Waals surface area contributed by atoms with Crippen LogP contribution in [0.1, 0.15) is 20.8 Å². The van der Waals surface area contributed by atoms with Gasteiger partial charge in [-0.05, 0) is 49.5 Å². The van der Waals surface area contributed by atoms with Crippen molar-refractivity contribution in [1.82, 2.24) is 20.3 Å². The Balaban J connectivity index is 1.62. The highest BCUT2D eigenvalue weighted by Gasteiger charge is 2.26. The van der Waals surface area contributed by atoms with Gasteiger partial charge in [-0.25, -0.2) is 9.99 Å². The van der Waals surface area contributed by atoms with Crippen molar-refractivity contribution in [3.63, 3.8) is 0 Å². The van der Waals surface area contributed by atoms with Crippen LogP contribution in [0.5, 0.6) is 0 Å². The third-order valence-corrected chi connectivity index (χ3v) is 6.75. The Bertz CT molecular complexity index is 1160. The normalized spacial score (nSPS) is 14.8. The molecular weight excluding hydrogens is 505 g/mol. The average Bonchev–Trinajstić information content (AvgIpc) is 3.26. The second-order valence-electron chi connectivity index (χ2n) is 7.49. The first-order valence-electron chi connectivity index (χ1n) is 10.1. The lowest BCUT2D eigenvalue weighted by atomic mass is 10.2. The zero-order valence-corrected chi connectivity index (χ0v) is 20.7. The molecule has 4 rings (SSSR count). The highest BCUT2D eigenvalue weighted by Crippen LogP contribution is 2.33. The number of anilines is 2. The number of amides is 2. The molecule has 1 N–H and O–H groups in total. The van der Waals surface area contributed by atoms with Crippen molar-refractivity contribution >= 4 is 68.8 Å². The zero-order chi connectivity index (χ0) is 23.5. The van der Waals surface area contributed by atoms with Crippen LogP contribution in [0.4, 0.5) is 10.8 Å². The molecule has 0 radical (unpaired) electrons. The number of rotatable bonds is 5. The number of nitrogens with one attached hydrogen (secondary N) is 1.